The number of benzene rings is 1. The van der Waals surface area contributed by atoms with Crippen LogP contribution in [0.5, 0.6) is 0 Å². The zero-order valence-electron chi connectivity index (χ0n) is 18.4. The number of carbonyl (C=O) groups is 1. The number of Topliss-reactive ketones (excluding diaryl/α,β-unsaturated/α-hetero) is 1. The highest BCUT2D eigenvalue weighted by Gasteiger charge is 2.08. The predicted octanol–water partition coefficient (Wildman–Crippen LogP) is 7.53. The second kappa shape index (κ2) is 14.2. The van der Waals surface area contributed by atoms with Crippen LogP contribution in [0.3, 0.4) is 0 Å². The van der Waals surface area contributed by atoms with Crippen LogP contribution in [0.25, 0.3) is 0 Å². The van der Waals surface area contributed by atoms with Crippen LogP contribution in [0.15, 0.2) is 24.3 Å². The minimum Gasteiger partial charge on any atom is -0.385 e. The van der Waals surface area contributed by atoms with Crippen molar-refractivity contribution in [2.24, 2.45) is 5.41 Å². The molecule has 0 atom stereocenters. The highest BCUT2D eigenvalue weighted by Crippen LogP contribution is 2.22. The summed E-state index contributed by atoms with van der Waals surface area (Å²) in [5.74, 6) is -0.112. The van der Waals surface area contributed by atoms with Gasteiger partial charge in [0.1, 0.15) is 0 Å². The molecule has 1 aromatic rings. The second-order valence-electron chi connectivity index (χ2n) is 9.11. The number of hydrogen-bond acceptors (Lipinski definition) is 3. The Balaban J connectivity index is 1.93. The Bertz CT molecular complexity index is 578. The molecule has 0 fully saturated rings. The molecule has 0 aliphatic rings. The van der Waals surface area contributed by atoms with E-state index in [0.29, 0.717) is 11.0 Å². The normalized spacial score (nSPS) is 11.2. The number of ketones is 1. The molecule has 28 heavy (non-hydrogen) atoms. The Hall–Kier alpha value is -1.82. The molecule has 0 spiro atoms. The highest BCUT2D eigenvalue weighted by atomic mass is 16.1. The van der Waals surface area contributed by atoms with Gasteiger partial charge in [-0.3, -0.25) is 4.79 Å². The molecule has 1 rings (SSSR count). The Morgan fingerprint density at radius 2 is 1.36 bits per heavy atom. The third-order valence-corrected chi connectivity index (χ3v) is 5.13. The van der Waals surface area contributed by atoms with Crippen molar-refractivity contribution in [3.63, 3.8) is 0 Å². The Kier molecular flexibility index (Phi) is 12.3. The van der Waals surface area contributed by atoms with Crippen molar-refractivity contribution in [3.8, 4) is 6.07 Å². The van der Waals surface area contributed by atoms with E-state index in [1.165, 1.54) is 70.6 Å². The summed E-state index contributed by atoms with van der Waals surface area (Å²) in [7, 11) is 0. The van der Waals surface area contributed by atoms with Crippen LogP contribution in [0.1, 0.15) is 108 Å². The van der Waals surface area contributed by atoms with E-state index in [0.717, 1.165) is 12.2 Å². The summed E-state index contributed by atoms with van der Waals surface area (Å²) in [6.45, 7) is 7.97. The van der Waals surface area contributed by atoms with Gasteiger partial charge in [-0.2, -0.15) is 5.26 Å². The molecule has 0 unspecified atom stereocenters. The molecular weight excluding hydrogens is 344 g/mol. The van der Waals surface area contributed by atoms with Crippen LogP contribution in [0.2, 0.25) is 0 Å². The smallest absolute Gasteiger partial charge is 0.176 e. The fourth-order valence-electron chi connectivity index (χ4n) is 3.38. The molecule has 3 heteroatoms. The van der Waals surface area contributed by atoms with Gasteiger partial charge in [0.15, 0.2) is 5.78 Å². The van der Waals surface area contributed by atoms with Crippen LogP contribution in [0.4, 0.5) is 5.69 Å². The van der Waals surface area contributed by atoms with Crippen molar-refractivity contribution < 1.29 is 4.79 Å². The first kappa shape index (κ1) is 24.2. The number of nitriles is 1. The lowest BCUT2D eigenvalue weighted by Gasteiger charge is -2.17. The van der Waals surface area contributed by atoms with Crippen LogP contribution in [0, 0.1) is 16.7 Å². The molecule has 0 saturated carbocycles. The van der Waals surface area contributed by atoms with Crippen molar-refractivity contribution >= 4 is 11.5 Å². The number of anilines is 1. The first-order valence-electron chi connectivity index (χ1n) is 11.2. The molecule has 0 amide bonds. The van der Waals surface area contributed by atoms with Crippen molar-refractivity contribution in [1.82, 2.24) is 0 Å². The third kappa shape index (κ3) is 12.5. The lowest BCUT2D eigenvalue weighted by atomic mass is 9.89. The van der Waals surface area contributed by atoms with Gasteiger partial charge in [-0.1, -0.05) is 78.6 Å². The van der Waals surface area contributed by atoms with Gasteiger partial charge < -0.3 is 5.32 Å². The summed E-state index contributed by atoms with van der Waals surface area (Å²) >= 11 is 0. The maximum absolute atomic E-state index is 11.6. The number of rotatable bonds is 15. The molecular formula is C25H40N2O. The van der Waals surface area contributed by atoms with E-state index in [9.17, 15) is 4.79 Å². The van der Waals surface area contributed by atoms with Crippen molar-refractivity contribution in [1.29, 1.82) is 5.26 Å². The van der Waals surface area contributed by atoms with E-state index in [4.69, 9.17) is 5.26 Å². The van der Waals surface area contributed by atoms with Crippen LogP contribution in [-0.4, -0.2) is 12.3 Å². The Labute approximate surface area is 172 Å². The summed E-state index contributed by atoms with van der Waals surface area (Å²) in [6, 6.07) is 9.34. The molecule has 0 aliphatic heterocycles. The number of unbranched alkanes of at least 4 members (excludes halogenated alkanes) is 9. The van der Waals surface area contributed by atoms with Gasteiger partial charge in [-0.25, -0.2) is 0 Å². The van der Waals surface area contributed by atoms with Crippen molar-refractivity contribution in [3.05, 3.63) is 29.8 Å². The number of nitrogens with one attached hydrogen (secondary N) is 1. The molecule has 0 heterocycles. The van der Waals surface area contributed by atoms with E-state index >= 15 is 0 Å². The zero-order chi connectivity index (χ0) is 20.7. The van der Waals surface area contributed by atoms with Gasteiger partial charge in [0.05, 0.1) is 12.5 Å². The van der Waals surface area contributed by atoms with Gasteiger partial charge in [-0.05, 0) is 42.5 Å². The topological polar surface area (TPSA) is 52.9 Å². The number of carbonyl (C=O) groups excluding carboxylic acids is 1. The maximum Gasteiger partial charge on any atom is 0.176 e. The lowest BCUT2D eigenvalue weighted by Crippen LogP contribution is -2.03. The van der Waals surface area contributed by atoms with Gasteiger partial charge in [-0.15, -0.1) is 0 Å². The molecule has 156 valence electrons. The summed E-state index contributed by atoms with van der Waals surface area (Å²) in [6.07, 6.45) is 14.8. The fourth-order valence-corrected chi connectivity index (χ4v) is 3.38. The maximum atomic E-state index is 11.6. The zero-order valence-corrected chi connectivity index (χ0v) is 18.4. The molecule has 1 aromatic carbocycles. The van der Waals surface area contributed by atoms with E-state index in [-0.39, 0.29) is 12.2 Å². The number of hydrogen-bond donors (Lipinski definition) is 1. The van der Waals surface area contributed by atoms with Gasteiger partial charge in [0, 0.05) is 17.8 Å². The van der Waals surface area contributed by atoms with E-state index < -0.39 is 0 Å². The SMILES string of the molecule is CC(C)(C)CCCCCCCCCCCCNc1ccc(C(=O)CC#N)cc1. The molecule has 0 aromatic heterocycles. The number of nitrogens with zero attached hydrogens (tertiary/aromatic N) is 1. The average Bonchev–Trinajstić information content (AvgIpc) is 2.65. The minimum absolute atomic E-state index is 0.0516. The molecule has 3 nitrogen and oxygen atoms in total. The largest absolute Gasteiger partial charge is 0.385 e. The molecule has 0 radical (unpaired) electrons. The standard InChI is InChI=1S/C25H40N2O/c1-25(2,3)19-12-10-8-6-4-5-7-9-11-13-21-27-23-16-14-22(15-17-23)24(28)18-20-26/h14-17,27H,4-13,18-19,21H2,1-3H3. The predicted molar refractivity (Wildman–Crippen MR) is 120 cm³/mol. The van der Waals surface area contributed by atoms with E-state index in [2.05, 4.69) is 26.1 Å². The summed E-state index contributed by atoms with van der Waals surface area (Å²) in [4.78, 5) is 11.6. The quantitative estimate of drug-likeness (QED) is 0.251. The monoisotopic (exact) mass is 384 g/mol. The second-order valence-corrected chi connectivity index (χ2v) is 9.11. The fraction of sp³-hybridized carbons (Fsp3) is 0.680. The van der Waals surface area contributed by atoms with Gasteiger partial charge in [0.25, 0.3) is 0 Å². The molecule has 0 bridgehead atoms. The molecule has 1 N–H and O–H groups in total. The Morgan fingerprint density at radius 3 is 1.86 bits per heavy atom. The summed E-state index contributed by atoms with van der Waals surface area (Å²) in [5.41, 5.74) is 2.15. The molecule has 0 aliphatic carbocycles. The minimum atomic E-state index is -0.112. The van der Waals surface area contributed by atoms with Gasteiger partial charge >= 0.3 is 0 Å². The first-order chi connectivity index (χ1) is 13.4. The van der Waals surface area contributed by atoms with Crippen molar-refractivity contribution in [2.75, 3.05) is 11.9 Å². The first-order valence-corrected chi connectivity index (χ1v) is 11.2. The summed E-state index contributed by atoms with van der Waals surface area (Å²) < 4.78 is 0. The molecule has 0 saturated heterocycles. The lowest BCUT2D eigenvalue weighted by molar-refractivity contribution is 0.0997. The van der Waals surface area contributed by atoms with Crippen molar-refractivity contribution in [2.45, 2.75) is 97.8 Å². The van der Waals surface area contributed by atoms with E-state index in [1.807, 2.05) is 18.2 Å². The highest BCUT2D eigenvalue weighted by molar-refractivity contribution is 5.97. The Morgan fingerprint density at radius 1 is 0.857 bits per heavy atom. The van der Waals surface area contributed by atoms with E-state index in [1.54, 1.807) is 12.1 Å². The van der Waals surface area contributed by atoms with Crippen LogP contribution in [-0.2, 0) is 0 Å². The average molecular weight is 385 g/mol. The summed E-state index contributed by atoms with van der Waals surface area (Å²) in [5, 5.41) is 12.0. The third-order valence-electron chi connectivity index (χ3n) is 5.13. The van der Waals surface area contributed by atoms with Gasteiger partial charge in [0.2, 0.25) is 0 Å². The van der Waals surface area contributed by atoms with Crippen LogP contribution < -0.4 is 5.32 Å². The van der Waals surface area contributed by atoms with Crippen LogP contribution >= 0.6 is 0 Å².